The van der Waals surface area contributed by atoms with Crippen LogP contribution in [-0.2, 0) is 4.79 Å². The Morgan fingerprint density at radius 2 is 1.78 bits per heavy atom. The molecule has 1 atom stereocenters. The summed E-state index contributed by atoms with van der Waals surface area (Å²) in [5, 5.41) is 2.40. The summed E-state index contributed by atoms with van der Waals surface area (Å²) in [5.74, 6) is -1.17. The van der Waals surface area contributed by atoms with Crippen LogP contribution in [0, 0.1) is 11.6 Å². The number of halogens is 2. The zero-order valence-corrected chi connectivity index (χ0v) is 13.3. The van der Waals surface area contributed by atoms with Gasteiger partial charge in [0.15, 0.2) is 6.10 Å². The molecule has 2 rings (SSSR count). The average molecular weight is 319 g/mol. The molecule has 2 aromatic rings. The number of rotatable bonds is 5. The van der Waals surface area contributed by atoms with E-state index in [-0.39, 0.29) is 11.6 Å². The third-order valence-corrected chi connectivity index (χ3v) is 3.40. The van der Waals surface area contributed by atoms with E-state index in [1.54, 1.807) is 13.0 Å². The molecule has 0 aromatic heterocycles. The molecule has 3 nitrogen and oxygen atoms in total. The minimum atomic E-state index is -0.826. The Hall–Kier alpha value is -2.43. The van der Waals surface area contributed by atoms with Crippen molar-refractivity contribution < 1.29 is 18.3 Å². The number of hydrogen-bond acceptors (Lipinski definition) is 2. The molecule has 0 saturated carbocycles. The molecule has 0 saturated heterocycles. The van der Waals surface area contributed by atoms with Crippen LogP contribution in [0.2, 0.25) is 0 Å². The average Bonchev–Trinajstić information content (AvgIpc) is 2.50. The molecule has 23 heavy (non-hydrogen) atoms. The first-order valence-electron chi connectivity index (χ1n) is 7.40. The largest absolute Gasteiger partial charge is 0.481 e. The van der Waals surface area contributed by atoms with E-state index < -0.39 is 23.6 Å². The van der Waals surface area contributed by atoms with Crippen LogP contribution < -0.4 is 10.1 Å². The van der Waals surface area contributed by atoms with Crippen molar-refractivity contribution in [1.29, 1.82) is 0 Å². The molecular formula is C18H19F2NO2. The minimum Gasteiger partial charge on any atom is -0.481 e. The number of para-hydroxylation sites is 1. The lowest BCUT2D eigenvalue weighted by Gasteiger charge is -2.18. The van der Waals surface area contributed by atoms with Crippen LogP contribution in [0.4, 0.5) is 14.5 Å². The summed E-state index contributed by atoms with van der Waals surface area (Å²) in [7, 11) is 0. The van der Waals surface area contributed by atoms with E-state index in [2.05, 4.69) is 5.32 Å². The summed E-state index contributed by atoms with van der Waals surface area (Å²) < 4.78 is 32.1. The van der Waals surface area contributed by atoms with Crippen molar-refractivity contribution in [3.05, 3.63) is 59.7 Å². The van der Waals surface area contributed by atoms with Crippen molar-refractivity contribution in [3.63, 3.8) is 0 Å². The Morgan fingerprint density at radius 1 is 1.09 bits per heavy atom. The molecule has 1 N–H and O–H groups in total. The quantitative estimate of drug-likeness (QED) is 0.881. The number of carbonyl (C=O) groups is 1. The smallest absolute Gasteiger partial charge is 0.265 e. The predicted octanol–water partition coefficient (Wildman–Crippen LogP) is 4.49. The van der Waals surface area contributed by atoms with Gasteiger partial charge in [-0.25, -0.2) is 8.78 Å². The van der Waals surface area contributed by atoms with E-state index in [1.807, 2.05) is 32.0 Å². The number of ether oxygens (including phenoxy) is 1. The standard InChI is InChI=1S/C18H19F2NO2/c1-11(2)14-6-4-5-7-17(14)23-12(3)18(22)21-16-9-8-13(19)10-15(16)20/h4-12H,1-3H3,(H,21,22)/t12-/m1/s1. The third-order valence-electron chi connectivity index (χ3n) is 3.40. The van der Waals surface area contributed by atoms with E-state index in [4.69, 9.17) is 4.74 Å². The van der Waals surface area contributed by atoms with Crippen molar-refractivity contribution >= 4 is 11.6 Å². The molecule has 0 heterocycles. The molecule has 5 heteroatoms. The van der Waals surface area contributed by atoms with Crippen LogP contribution in [0.5, 0.6) is 5.75 Å². The van der Waals surface area contributed by atoms with Gasteiger partial charge in [-0.05, 0) is 36.6 Å². The van der Waals surface area contributed by atoms with Gasteiger partial charge in [0.05, 0.1) is 5.69 Å². The molecule has 1 amide bonds. The number of anilines is 1. The molecule has 0 spiro atoms. The van der Waals surface area contributed by atoms with Gasteiger partial charge in [0.2, 0.25) is 0 Å². The second-order valence-corrected chi connectivity index (χ2v) is 5.57. The normalized spacial score (nSPS) is 12.1. The highest BCUT2D eigenvalue weighted by atomic mass is 19.1. The zero-order chi connectivity index (χ0) is 17.0. The van der Waals surface area contributed by atoms with Gasteiger partial charge in [0, 0.05) is 6.07 Å². The molecular weight excluding hydrogens is 300 g/mol. The fourth-order valence-electron chi connectivity index (χ4n) is 2.13. The van der Waals surface area contributed by atoms with Gasteiger partial charge in [0.25, 0.3) is 5.91 Å². The number of amides is 1. The Morgan fingerprint density at radius 3 is 2.43 bits per heavy atom. The van der Waals surface area contributed by atoms with Gasteiger partial charge < -0.3 is 10.1 Å². The van der Waals surface area contributed by atoms with Crippen LogP contribution in [-0.4, -0.2) is 12.0 Å². The minimum absolute atomic E-state index is 0.0796. The fraction of sp³-hybridized carbons (Fsp3) is 0.278. The molecule has 2 aromatic carbocycles. The maximum atomic E-state index is 13.6. The van der Waals surface area contributed by atoms with Crippen molar-refractivity contribution in [2.45, 2.75) is 32.8 Å². The zero-order valence-electron chi connectivity index (χ0n) is 13.3. The first-order valence-corrected chi connectivity index (χ1v) is 7.40. The number of nitrogens with one attached hydrogen (secondary N) is 1. The van der Waals surface area contributed by atoms with Crippen LogP contribution in [0.1, 0.15) is 32.3 Å². The van der Waals surface area contributed by atoms with E-state index >= 15 is 0 Å². The van der Waals surface area contributed by atoms with Crippen molar-refractivity contribution in [2.24, 2.45) is 0 Å². The lowest BCUT2D eigenvalue weighted by atomic mass is 10.0. The fourth-order valence-corrected chi connectivity index (χ4v) is 2.13. The van der Waals surface area contributed by atoms with Gasteiger partial charge in [-0.15, -0.1) is 0 Å². The Labute approximate surface area is 134 Å². The monoisotopic (exact) mass is 319 g/mol. The summed E-state index contributed by atoms with van der Waals surface area (Å²) in [5.41, 5.74) is 0.907. The summed E-state index contributed by atoms with van der Waals surface area (Å²) in [4.78, 5) is 12.1. The van der Waals surface area contributed by atoms with Crippen LogP contribution >= 0.6 is 0 Å². The highest BCUT2D eigenvalue weighted by Gasteiger charge is 2.18. The summed E-state index contributed by atoms with van der Waals surface area (Å²) >= 11 is 0. The second-order valence-electron chi connectivity index (χ2n) is 5.57. The van der Waals surface area contributed by atoms with Crippen molar-refractivity contribution in [1.82, 2.24) is 0 Å². The van der Waals surface area contributed by atoms with Gasteiger partial charge in [0.1, 0.15) is 17.4 Å². The van der Waals surface area contributed by atoms with E-state index in [9.17, 15) is 13.6 Å². The van der Waals surface area contributed by atoms with E-state index in [0.717, 1.165) is 17.7 Å². The molecule has 0 bridgehead atoms. The van der Waals surface area contributed by atoms with Crippen LogP contribution in [0.25, 0.3) is 0 Å². The Kier molecular flexibility index (Phi) is 5.32. The number of carbonyl (C=O) groups excluding carboxylic acids is 1. The van der Waals surface area contributed by atoms with Gasteiger partial charge in [-0.2, -0.15) is 0 Å². The molecule has 0 unspecified atom stereocenters. The topological polar surface area (TPSA) is 38.3 Å². The highest BCUT2D eigenvalue weighted by molar-refractivity contribution is 5.94. The third kappa shape index (κ3) is 4.28. The number of benzene rings is 2. The second kappa shape index (κ2) is 7.22. The van der Waals surface area contributed by atoms with Crippen LogP contribution in [0.3, 0.4) is 0 Å². The highest BCUT2D eigenvalue weighted by Crippen LogP contribution is 2.27. The lowest BCUT2D eigenvalue weighted by molar-refractivity contribution is -0.122. The molecule has 0 radical (unpaired) electrons. The summed E-state index contributed by atoms with van der Waals surface area (Å²) in [6, 6.07) is 10.4. The lowest BCUT2D eigenvalue weighted by Crippen LogP contribution is -2.30. The van der Waals surface area contributed by atoms with Gasteiger partial charge >= 0.3 is 0 Å². The summed E-state index contributed by atoms with van der Waals surface area (Å²) in [6.45, 7) is 5.63. The first-order chi connectivity index (χ1) is 10.9. The molecule has 0 aliphatic heterocycles. The molecule has 0 fully saturated rings. The van der Waals surface area contributed by atoms with Gasteiger partial charge in [-0.1, -0.05) is 32.0 Å². The maximum Gasteiger partial charge on any atom is 0.265 e. The van der Waals surface area contributed by atoms with Crippen LogP contribution in [0.15, 0.2) is 42.5 Å². The number of hydrogen-bond donors (Lipinski definition) is 1. The van der Waals surface area contributed by atoms with Crippen molar-refractivity contribution in [2.75, 3.05) is 5.32 Å². The van der Waals surface area contributed by atoms with E-state index in [0.29, 0.717) is 5.75 Å². The maximum absolute atomic E-state index is 13.6. The first kappa shape index (κ1) is 16.9. The molecule has 0 aliphatic rings. The molecule has 0 aliphatic carbocycles. The Bertz CT molecular complexity index is 701. The SMILES string of the molecule is CC(C)c1ccccc1O[C@H](C)C(=O)Nc1ccc(F)cc1F. The van der Waals surface area contributed by atoms with Crippen molar-refractivity contribution in [3.8, 4) is 5.75 Å². The summed E-state index contributed by atoms with van der Waals surface area (Å²) in [6.07, 6.45) is -0.820. The van der Waals surface area contributed by atoms with E-state index in [1.165, 1.54) is 6.07 Å². The molecule has 122 valence electrons. The Balaban J connectivity index is 2.09. The predicted molar refractivity (Wildman–Crippen MR) is 85.6 cm³/mol. The van der Waals surface area contributed by atoms with Gasteiger partial charge in [-0.3, -0.25) is 4.79 Å².